The normalized spacial score (nSPS) is 32.6. The van der Waals surface area contributed by atoms with Gasteiger partial charge in [-0.25, -0.2) is 0 Å². The predicted octanol–water partition coefficient (Wildman–Crippen LogP) is 3.70. The number of rotatable bonds is 0. The van der Waals surface area contributed by atoms with E-state index in [0.29, 0.717) is 0 Å². The zero-order valence-corrected chi connectivity index (χ0v) is 7.42. The van der Waals surface area contributed by atoms with E-state index >= 15 is 0 Å². The molecule has 0 aromatic rings. The highest BCUT2D eigenvalue weighted by Gasteiger charge is 1.97. The van der Waals surface area contributed by atoms with Crippen LogP contribution in [0.4, 0.5) is 0 Å². The second-order valence-electron chi connectivity index (χ2n) is 3.44. The van der Waals surface area contributed by atoms with Crippen molar-refractivity contribution in [2.75, 3.05) is 0 Å². The molecule has 0 aromatic carbocycles. The summed E-state index contributed by atoms with van der Waals surface area (Å²) in [5.74, 6) is 0.869. The van der Waals surface area contributed by atoms with Crippen molar-refractivity contribution >= 4 is 0 Å². The molecule has 1 rings (SSSR count). The molecule has 0 N–H and O–H groups in total. The quantitative estimate of drug-likeness (QED) is 0.462. The van der Waals surface area contributed by atoms with Gasteiger partial charge in [-0.05, 0) is 38.0 Å². The lowest BCUT2D eigenvalue weighted by molar-refractivity contribution is 0.544. The van der Waals surface area contributed by atoms with E-state index in [9.17, 15) is 0 Å². The third-order valence-corrected chi connectivity index (χ3v) is 2.20. The van der Waals surface area contributed by atoms with Crippen LogP contribution in [0.5, 0.6) is 0 Å². The summed E-state index contributed by atoms with van der Waals surface area (Å²) in [7, 11) is 0. The SMILES string of the molecule is CC1C/C=C/CC/C=C\CC1. The lowest BCUT2D eigenvalue weighted by Gasteiger charge is -2.06. The average molecular weight is 150 g/mol. The fraction of sp³-hybridized carbons (Fsp3) is 0.636. The molecule has 0 fully saturated rings. The van der Waals surface area contributed by atoms with Crippen LogP contribution in [0.1, 0.15) is 39.0 Å². The summed E-state index contributed by atoms with van der Waals surface area (Å²) in [6, 6.07) is 0. The Bertz CT molecular complexity index is 142. The van der Waals surface area contributed by atoms with Gasteiger partial charge in [0.15, 0.2) is 0 Å². The van der Waals surface area contributed by atoms with Crippen molar-refractivity contribution in [2.24, 2.45) is 5.92 Å². The van der Waals surface area contributed by atoms with Gasteiger partial charge in [0.2, 0.25) is 0 Å². The minimum absolute atomic E-state index is 0.869. The molecule has 0 heteroatoms. The lowest BCUT2D eigenvalue weighted by Crippen LogP contribution is -1.91. The van der Waals surface area contributed by atoms with Gasteiger partial charge in [-0.2, -0.15) is 0 Å². The van der Waals surface area contributed by atoms with Crippen molar-refractivity contribution < 1.29 is 0 Å². The molecule has 0 heterocycles. The maximum atomic E-state index is 2.34. The van der Waals surface area contributed by atoms with E-state index in [0.717, 1.165) is 5.92 Å². The monoisotopic (exact) mass is 150 g/mol. The summed E-state index contributed by atoms with van der Waals surface area (Å²) in [5, 5.41) is 0. The fourth-order valence-electron chi connectivity index (χ4n) is 1.37. The molecule has 1 aliphatic rings. The van der Waals surface area contributed by atoms with Crippen LogP contribution in [0, 0.1) is 5.92 Å². The van der Waals surface area contributed by atoms with E-state index in [1.54, 1.807) is 0 Å². The standard InChI is InChI=1S/C11H18/c1-11-9-7-5-3-2-4-6-8-10-11/h3,5-6,8,11H,2,4,7,9-10H2,1H3/b5-3-,8-6+. The Labute approximate surface area is 70.0 Å². The number of hydrogen-bond donors (Lipinski definition) is 0. The second kappa shape index (κ2) is 5.17. The topological polar surface area (TPSA) is 0 Å². The minimum atomic E-state index is 0.869. The third-order valence-electron chi connectivity index (χ3n) is 2.20. The summed E-state index contributed by atoms with van der Waals surface area (Å²) >= 11 is 0. The highest BCUT2D eigenvalue weighted by molar-refractivity contribution is 4.91. The number of hydrogen-bond acceptors (Lipinski definition) is 0. The van der Waals surface area contributed by atoms with E-state index in [4.69, 9.17) is 0 Å². The Kier molecular flexibility index (Phi) is 4.03. The summed E-state index contributed by atoms with van der Waals surface area (Å²) in [5.41, 5.74) is 0. The molecule has 1 unspecified atom stereocenters. The summed E-state index contributed by atoms with van der Waals surface area (Å²) in [6.45, 7) is 2.33. The fourth-order valence-corrected chi connectivity index (χ4v) is 1.37. The van der Waals surface area contributed by atoms with Gasteiger partial charge in [-0.15, -0.1) is 0 Å². The van der Waals surface area contributed by atoms with Crippen LogP contribution in [0.15, 0.2) is 24.3 Å². The van der Waals surface area contributed by atoms with Gasteiger partial charge in [-0.1, -0.05) is 31.2 Å². The molecule has 1 aliphatic carbocycles. The number of allylic oxidation sites excluding steroid dienone is 4. The highest BCUT2D eigenvalue weighted by Crippen LogP contribution is 2.13. The summed E-state index contributed by atoms with van der Waals surface area (Å²) in [6.07, 6.45) is 15.6. The van der Waals surface area contributed by atoms with Crippen LogP contribution in [0.25, 0.3) is 0 Å². The Hall–Kier alpha value is -0.520. The molecule has 62 valence electrons. The van der Waals surface area contributed by atoms with Crippen LogP contribution in [-0.4, -0.2) is 0 Å². The molecule has 0 radical (unpaired) electrons. The third kappa shape index (κ3) is 4.02. The first-order chi connectivity index (χ1) is 5.39. The van der Waals surface area contributed by atoms with E-state index in [-0.39, 0.29) is 0 Å². The van der Waals surface area contributed by atoms with Gasteiger partial charge >= 0.3 is 0 Å². The van der Waals surface area contributed by atoms with Crippen molar-refractivity contribution in [1.82, 2.24) is 0 Å². The Morgan fingerprint density at radius 3 is 2.36 bits per heavy atom. The first kappa shape index (κ1) is 8.58. The molecule has 11 heavy (non-hydrogen) atoms. The lowest BCUT2D eigenvalue weighted by atomic mass is 10.00. The summed E-state index contributed by atoms with van der Waals surface area (Å²) < 4.78 is 0. The van der Waals surface area contributed by atoms with Gasteiger partial charge in [0, 0.05) is 0 Å². The summed E-state index contributed by atoms with van der Waals surface area (Å²) in [4.78, 5) is 0. The molecule has 0 saturated heterocycles. The molecular weight excluding hydrogens is 132 g/mol. The smallest absolute Gasteiger partial charge is 0.0316 e. The van der Waals surface area contributed by atoms with Gasteiger partial charge in [-0.3, -0.25) is 0 Å². The molecule has 1 atom stereocenters. The van der Waals surface area contributed by atoms with Crippen LogP contribution < -0.4 is 0 Å². The van der Waals surface area contributed by atoms with E-state index in [1.165, 1.54) is 32.1 Å². The first-order valence-electron chi connectivity index (χ1n) is 4.69. The van der Waals surface area contributed by atoms with Crippen molar-refractivity contribution in [3.05, 3.63) is 24.3 Å². The largest absolute Gasteiger partial charge is 0.0885 e. The van der Waals surface area contributed by atoms with Gasteiger partial charge in [0.25, 0.3) is 0 Å². The van der Waals surface area contributed by atoms with Crippen LogP contribution in [-0.2, 0) is 0 Å². The minimum Gasteiger partial charge on any atom is -0.0885 e. The van der Waals surface area contributed by atoms with Crippen molar-refractivity contribution in [1.29, 1.82) is 0 Å². The van der Waals surface area contributed by atoms with Crippen molar-refractivity contribution in [3.63, 3.8) is 0 Å². The molecule has 0 aliphatic heterocycles. The predicted molar refractivity (Wildman–Crippen MR) is 50.5 cm³/mol. The maximum Gasteiger partial charge on any atom is -0.0316 e. The van der Waals surface area contributed by atoms with Crippen LogP contribution in [0.3, 0.4) is 0 Å². The van der Waals surface area contributed by atoms with E-state index in [1.807, 2.05) is 0 Å². The Morgan fingerprint density at radius 2 is 1.55 bits per heavy atom. The molecule has 0 saturated carbocycles. The Balaban J connectivity index is 2.34. The highest BCUT2D eigenvalue weighted by atomic mass is 14.0. The second-order valence-corrected chi connectivity index (χ2v) is 3.44. The maximum absolute atomic E-state index is 2.34. The van der Waals surface area contributed by atoms with Crippen LogP contribution >= 0.6 is 0 Å². The zero-order valence-electron chi connectivity index (χ0n) is 7.42. The van der Waals surface area contributed by atoms with Gasteiger partial charge < -0.3 is 0 Å². The van der Waals surface area contributed by atoms with Gasteiger partial charge in [0.1, 0.15) is 0 Å². The van der Waals surface area contributed by atoms with Gasteiger partial charge in [0.05, 0.1) is 0 Å². The molecule has 0 spiro atoms. The van der Waals surface area contributed by atoms with E-state index in [2.05, 4.69) is 31.2 Å². The van der Waals surface area contributed by atoms with Crippen molar-refractivity contribution in [3.8, 4) is 0 Å². The molecule has 0 nitrogen and oxygen atoms in total. The molecule has 0 aromatic heterocycles. The molecule has 0 amide bonds. The zero-order chi connectivity index (χ0) is 7.94. The first-order valence-corrected chi connectivity index (χ1v) is 4.69. The average Bonchev–Trinajstić information content (AvgIpc) is 2.03. The Morgan fingerprint density at radius 1 is 0.909 bits per heavy atom. The molecular formula is C11H18. The molecule has 0 bridgehead atoms. The van der Waals surface area contributed by atoms with Crippen molar-refractivity contribution in [2.45, 2.75) is 39.0 Å². The van der Waals surface area contributed by atoms with Crippen LogP contribution in [0.2, 0.25) is 0 Å². The van der Waals surface area contributed by atoms with E-state index < -0.39 is 0 Å².